The smallest absolute Gasteiger partial charge is 0.416 e. The average Bonchev–Trinajstić information content (AvgIpc) is 2.91. The molecule has 208 valence electrons. The Morgan fingerprint density at radius 1 is 1.00 bits per heavy atom. The molecule has 1 N–H and O–H groups in total. The van der Waals surface area contributed by atoms with Crippen LogP contribution in [0.5, 0.6) is 5.75 Å². The largest absolute Gasteiger partial charge is 0.492 e. The van der Waals surface area contributed by atoms with Crippen LogP contribution in [-0.2, 0) is 10.9 Å². The normalized spacial score (nSPS) is 20.3. The van der Waals surface area contributed by atoms with Crippen molar-refractivity contribution in [2.45, 2.75) is 51.4 Å². The molecule has 2 saturated heterocycles. The highest BCUT2D eigenvalue weighted by Gasteiger charge is 2.38. The lowest BCUT2D eigenvalue weighted by Crippen LogP contribution is -2.57. The molecule has 0 bridgehead atoms. The van der Waals surface area contributed by atoms with Crippen molar-refractivity contribution in [1.29, 1.82) is 0 Å². The maximum absolute atomic E-state index is 13.1. The number of benzene rings is 2. The molecule has 0 spiro atoms. The van der Waals surface area contributed by atoms with E-state index in [1.165, 1.54) is 23.3 Å². The average molecular weight is 534 g/mol. The molecule has 2 aromatic rings. The van der Waals surface area contributed by atoms with Crippen LogP contribution >= 0.6 is 0 Å². The zero-order valence-electron chi connectivity index (χ0n) is 22.4. The van der Waals surface area contributed by atoms with E-state index >= 15 is 0 Å². The summed E-state index contributed by atoms with van der Waals surface area (Å²) >= 11 is 0. The minimum atomic E-state index is -4.41. The van der Waals surface area contributed by atoms with Gasteiger partial charge in [0.2, 0.25) is 0 Å². The number of hydrogen-bond acceptors (Lipinski definition) is 5. The Morgan fingerprint density at radius 2 is 1.74 bits per heavy atom. The van der Waals surface area contributed by atoms with Gasteiger partial charge in [-0.15, -0.1) is 0 Å². The van der Waals surface area contributed by atoms with Gasteiger partial charge in [-0.2, -0.15) is 13.2 Å². The number of halogens is 3. The molecule has 6 nitrogen and oxygen atoms in total. The third kappa shape index (κ3) is 6.50. The summed E-state index contributed by atoms with van der Waals surface area (Å²) in [5, 5.41) is 3.29. The van der Waals surface area contributed by atoms with Crippen molar-refractivity contribution in [3.05, 3.63) is 64.2 Å². The molecule has 0 aromatic heterocycles. The Balaban J connectivity index is 1.39. The zero-order chi connectivity index (χ0) is 27.3. The number of alkyl halides is 3. The molecule has 2 aliphatic heterocycles. The molecule has 38 heavy (non-hydrogen) atoms. The first-order valence-corrected chi connectivity index (χ1v) is 13.4. The molecule has 9 heteroatoms. The number of hydrogen-bond donors (Lipinski definition) is 1. The summed E-state index contributed by atoms with van der Waals surface area (Å²) in [6, 6.07) is 9.30. The summed E-state index contributed by atoms with van der Waals surface area (Å²) in [5.74, 6) is 0.699. The molecule has 0 radical (unpaired) electrons. The van der Waals surface area contributed by atoms with Gasteiger partial charge in [-0.25, -0.2) is 0 Å². The van der Waals surface area contributed by atoms with Crippen LogP contribution in [0.15, 0.2) is 36.4 Å². The molecule has 0 aliphatic carbocycles. The molecular formula is C29H38F3N3O3. The highest BCUT2D eigenvalue weighted by molar-refractivity contribution is 5.94. The van der Waals surface area contributed by atoms with E-state index in [0.717, 1.165) is 62.3 Å². The van der Waals surface area contributed by atoms with Gasteiger partial charge in [0.05, 0.1) is 12.2 Å². The lowest BCUT2D eigenvalue weighted by molar-refractivity contribution is -0.137. The molecule has 2 aromatic carbocycles. The minimum Gasteiger partial charge on any atom is -0.492 e. The molecule has 2 heterocycles. The van der Waals surface area contributed by atoms with Crippen molar-refractivity contribution in [1.82, 2.24) is 15.1 Å². The predicted octanol–water partition coefficient (Wildman–Crippen LogP) is 4.99. The van der Waals surface area contributed by atoms with Gasteiger partial charge in [-0.05, 0) is 80.1 Å². The summed E-state index contributed by atoms with van der Waals surface area (Å²) < 4.78 is 49.8. The van der Waals surface area contributed by atoms with Crippen LogP contribution in [0.25, 0.3) is 0 Å². The van der Waals surface area contributed by atoms with Crippen LogP contribution in [0.3, 0.4) is 0 Å². The molecule has 2 fully saturated rings. The van der Waals surface area contributed by atoms with E-state index in [2.05, 4.69) is 36.2 Å². The Kier molecular flexibility index (Phi) is 9.33. The maximum Gasteiger partial charge on any atom is 0.416 e. The van der Waals surface area contributed by atoms with E-state index in [0.29, 0.717) is 31.9 Å². The number of rotatable bonds is 9. The van der Waals surface area contributed by atoms with Gasteiger partial charge in [0.1, 0.15) is 12.4 Å². The van der Waals surface area contributed by atoms with Crippen LogP contribution in [0, 0.1) is 13.8 Å². The van der Waals surface area contributed by atoms with Crippen LogP contribution in [0.1, 0.15) is 57.9 Å². The van der Waals surface area contributed by atoms with Gasteiger partial charge in [0.15, 0.2) is 0 Å². The molecule has 4 rings (SSSR count). The molecule has 2 atom stereocenters. The third-order valence-electron chi connectivity index (χ3n) is 7.85. The van der Waals surface area contributed by atoms with E-state index in [9.17, 15) is 18.0 Å². The Labute approximate surface area is 223 Å². The first-order chi connectivity index (χ1) is 18.2. The summed E-state index contributed by atoms with van der Waals surface area (Å²) in [4.78, 5) is 17.4. The number of piperidine rings is 1. The van der Waals surface area contributed by atoms with Gasteiger partial charge in [-0.1, -0.05) is 6.07 Å². The molecule has 0 saturated carbocycles. The van der Waals surface area contributed by atoms with Gasteiger partial charge >= 0.3 is 6.18 Å². The fraction of sp³-hybridized carbons (Fsp3) is 0.552. The molecule has 1 amide bonds. The fourth-order valence-corrected chi connectivity index (χ4v) is 5.62. The summed E-state index contributed by atoms with van der Waals surface area (Å²) in [5.41, 5.74) is 3.26. The zero-order valence-corrected chi connectivity index (χ0v) is 22.4. The second-order valence-corrected chi connectivity index (χ2v) is 10.2. The van der Waals surface area contributed by atoms with E-state index in [-0.39, 0.29) is 18.0 Å². The first kappa shape index (κ1) is 28.4. The lowest BCUT2D eigenvalue weighted by Gasteiger charge is -2.49. The Bertz CT molecular complexity index is 1090. The summed E-state index contributed by atoms with van der Waals surface area (Å²) in [7, 11) is 1.68. The first-order valence-electron chi connectivity index (χ1n) is 13.4. The molecule has 2 aliphatic rings. The standard InChI is InChI=1S/C29H38F3N3O3/c1-20-21(2)27(38-18-14-33-13-17-37-3)12-11-25(20)26-6-4-5-24-19-34(15-16-35(24)26)28(36)22-7-9-23(10-8-22)29(30,31)32/h7-12,24,26,33H,4-6,13-19H2,1-3H3/t24-,26?/m0/s1. The lowest BCUT2D eigenvalue weighted by atomic mass is 9.86. The number of carbonyl (C=O) groups excluding carboxylic acids is 1. The predicted molar refractivity (Wildman–Crippen MR) is 141 cm³/mol. The van der Waals surface area contributed by atoms with Crippen molar-refractivity contribution in [3.8, 4) is 5.75 Å². The van der Waals surface area contributed by atoms with E-state index < -0.39 is 11.7 Å². The van der Waals surface area contributed by atoms with Gasteiger partial charge in [-0.3, -0.25) is 9.69 Å². The monoisotopic (exact) mass is 533 g/mol. The number of nitrogens with one attached hydrogen (secondary N) is 1. The number of nitrogens with zero attached hydrogens (tertiary/aromatic N) is 2. The van der Waals surface area contributed by atoms with Crippen molar-refractivity contribution in [2.75, 3.05) is 53.0 Å². The highest BCUT2D eigenvalue weighted by Crippen LogP contribution is 2.39. The van der Waals surface area contributed by atoms with Crippen molar-refractivity contribution >= 4 is 5.91 Å². The fourth-order valence-electron chi connectivity index (χ4n) is 5.62. The number of piperazine rings is 1. The summed E-state index contributed by atoms with van der Waals surface area (Å²) in [6.07, 6.45) is -1.28. The molecule has 1 unspecified atom stereocenters. The van der Waals surface area contributed by atoms with Crippen molar-refractivity contribution in [2.24, 2.45) is 0 Å². The van der Waals surface area contributed by atoms with Gasteiger partial charge in [0, 0.05) is 57.5 Å². The third-order valence-corrected chi connectivity index (χ3v) is 7.85. The number of ether oxygens (including phenoxy) is 2. The highest BCUT2D eigenvalue weighted by atomic mass is 19.4. The number of methoxy groups -OCH3 is 1. The van der Waals surface area contributed by atoms with Gasteiger partial charge < -0.3 is 19.7 Å². The van der Waals surface area contributed by atoms with E-state index in [1.807, 2.05) is 0 Å². The Morgan fingerprint density at radius 3 is 2.45 bits per heavy atom. The maximum atomic E-state index is 13.1. The second-order valence-electron chi connectivity index (χ2n) is 10.2. The van der Waals surface area contributed by atoms with Gasteiger partial charge in [0.25, 0.3) is 5.91 Å². The summed E-state index contributed by atoms with van der Waals surface area (Å²) in [6.45, 7) is 8.96. The van der Waals surface area contributed by atoms with Crippen LogP contribution in [0.4, 0.5) is 13.2 Å². The van der Waals surface area contributed by atoms with Crippen molar-refractivity contribution < 1.29 is 27.4 Å². The van der Waals surface area contributed by atoms with Crippen LogP contribution < -0.4 is 10.1 Å². The van der Waals surface area contributed by atoms with E-state index in [1.54, 1.807) is 12.0 Å². The SMILES string of the molecule is COCCNCCOc1ccc(C2CCC[C@H]3CN(C(=O)c4ccc(C(F)(F)F)cc4)CCN23)c(C)c1C. The topological polar surface area (TPSA) is 54.0 Å². The Hall–Kier alpha value is -2.62. The quantitative estimate of drug-likeness (QED) is 0.461. The number of fused-ring (bicyclic) bond motifs is 1. The van der Waals surface area contributed by atoms with Crippen molar-refractivity contribution in [3.63, 3.8) is 0 Å². The second kappa shape index (κ2) is 12.5. The van der Waals surface area contributed by atoms with Crippen LogP contribution in [0.2, 0.25) is 0 Å². The number of amides is 1. The number of carbonyl (C=O) groups is 1. The molecular weight excluding hydrogens is 495 g/mol. The minimum absolute atomic E-state index is 0.203. The van der Waals surface area contributed by atoms with E-state index in [4.69, 9.17) is 9.47 Å². The van der Waals surface area contributed by atoms with Crippen LogP contribution in [-0.4, -0.2) is 74.8 Å².